The zero-order chi connectivity index (χ0) is 13.1. The lowest BCUT2D eigenvalue weighted by Gasteiger charge is -2.02. The van der Waals surface area contributed by atoms with E-state index in [-0.39, 0.29) is 6.42 Å². The zero-order valence-electron chi connectivity index (χ0n) is 9.34. The molecule has 18 heavy (non-hydrogen) atoms. The van der Waals surface area contributed by atoms with E-state index >= 15 is 0 Å². The maximum Gasteiger partial charge on any atom is 0.306 e. The van der Waals surface area contributed by atoms with Gasteiger partial charge in [-0.25, -0.2) is 0 Å². The number of carbonyl (C=O) groups is 1. The maximum absolute atomic E-state index is 10.5. The largest absolute Gasteiger partial charge is 0.481 e. The fourth-order valence-electron chi connectivity index (χ4n) is 1.57. The summed E-state index contributed by atoms with van der Waals surface area (Å²) in [5, 5.41) is 18.8. The lowest BCUT2D eigenvalue weighted by atomic mass is 10.1. The van der Waals surface area contributed by atoms with Crippen LogP contribution in [-0.4, -0.2) is 16.2 Å². The molecule has 0 aliphatic rings. The fourth-order valence-corrected chi connectivity index (χ4v) is 1.70. The molecule has 0 aliphatic heterocycles. The number of hydrogen-bond donors (Lipinski definition) is 2. The van der Waals surface area contributed by atoms with E-state index in [0.29, 0.717) is 16.3 Å². The van der Waals surface area contributed by atoms with E-state index in [2.05, 4.69) is 0 Å². The molecule has 5 heteroatoms. The van der Waals surface area contributed by atoms with Crippen molar-refractivity contribution >= 4 is 17.6 Å². The van der Waals surface area contributed by atoms with Gasteiger partial charge in [-0.3, -0.25) is 4.79 Å². The molecule has 1 heterocycles. The molecule has 1 aromatic carbocycles. The molecule has 0 bridgehead atoms. The Morgan fingerprint density at radius 2 is 2.00 bits per heavy atom. The summed E-state index contributed by atoms with van der Waals surface area (Å²) >= 11 is 5.78. The number of carboxylic acids is 1. The van der Waals surface area contributed by atoms with E-state index in [1.54, 1.807) is 30.3 Å². The number of aliphatic hydroxyl groups excluding tert-OH is 1. The predicted molar refractivity (Wildman–Crippen MR) is 66.4 cm³/mol. The van der Waals surface area contributed by atoms with Gasteiger partial charge in [0.25, 0.3) is 0 Å². The van der Waals surface area contributed by atoms with Crippen LogP contribution in [-0.2, 0) is 4.79 Å². The summed E-state index contributed by atoms with van der Waals surface area (Å²) in [6.45, 7) is 0. The van der Waals surface area contributed by atoms with Crippen molar-refractivity contribution in [3.63, 3.8) is 0 Å². The number of benzene rings is 1. The van der Waals surface area contributed by atoms with Crippen LogP contribution in [0.3, 0.4) is 0 Å². The van der Waals surface area contributed by atoms with Crippen molar-refractivity contribution in [3.8, 4) is 11.3 Å². The van der Waals surface area contributed by atoms with Crippen LogP contribution in [0.4, 0.5) is 0 Å². The summed E-state index contributed by atoms with van der Waals surface area (Å²) in [5.74, 6) is -0.497. The molecular weight excluding hydrogens is 256 g/mol. The molecule has 0 fully saturated rings. The standard InChI is InChI=1S/C13H11ClO4/c14-10-3-1-8(2-4-10)12-5-9(7-18-12)11(15)6-13(16)17/h1-5,7,11,15H,6H2,(H,16,17). The van der Waals surface area contributed by atoms with Gasteiger partial charge in [0.1, 0.15) is 5.76 Å². The van der Waals surface area contributed by atoms with E-state index in [4.69, 9.17) is 21.1 Å². The molecule has 1 unspecified atom stereocenters. The summed E-state index contributed by atoms with van der Waals surface area (Å²) in [4.78, 5) is 10.5. The van der Waals surface area contributed by atoms with Gasteiger partial charge in [0.05, 0.1) is 18.8 Å². The fraction of sp³-hybridized carbons (Fsp3) is 0.154. The summed E-state index contributed by atoms with van der Waals surface area (Å²) < 4.78 is 5.30. The Bertz CT molecular complexity index is 544. The van der Waals surface area contributed by atoms with E-state index in [1.165, 1.54) is 6.26 Å². The average molecular weight is 267 g/mol. The number of hydrogen-bond acceptors (Lipinski definition) is 3. The Hall–Kier alpha value is -1.78. The Morgan fingerprint density at radius 3 is 2.61 bits per heavy atom. The minimum atomic E-state index is -1.06. The van der Waals surface area contributed by atoms with Gasteiger partial charge in [0.2, 0.25) is 0 Å². The number of carboxylic acid groups (broad SMARTS) is 1. The van der Waals surface area contributed by atoms with Crippen molar-refractivity contribution in [2.45, 2.75) is 12.5 Å². The van der Waals surface area contributed by atoms with Crippen molar-refractivity contribution in [1.29, 1.82) is 0 Å². The number of aliphatic hydroxyl groups is 1. The lowest BCUT2D eigenvalue weighted by molar-refractivity contribution is -0.139. The van der Waals surface area contributed by atoms with Crippen molar-refractivity contribution in [2.75, 3.05) is 0 Å². The third kappa shape index (κ3) is 2.91. The second-order valence-electron chi connectivity index (χ2n) is 3.86. The molecule has 0 aliphatic carbocycles. The molecule has 0 spiro atoms. The Balaban J connectivity index is 2.19. The maximum atomic E-state index is 10.5. The third-order valence-electron chi connectivity index (χ3n) is 2.50. The molecule has 1 aromatic heterocycles. The third-order valence-corrected chi connectivity index (χ3v) is 2.75. The van der Waals surface area contributed by atoms with Crippen molar-refractivity contribution in [1.82, 2.24) is 0 Å². The van der Waals surface area contributed by atoms with Crippen LogP contribution in [0.5, 0.6) is 0 Å². The molecule has 1 atom stereocenters. The second-order valence-corrected chi connectivity index (χ2v) is 4.30. The Kier molecular flexibility index (Phi) is 3.69. The van der Waals surface area contributed by atoms with Crippen LogP contribution in [0.1, 0.15) is 18.1 Å². The predicted octanol–water partition coefficient (Wildman–Crippen LogP) is 3.11. The first-order valence-corrected chi connectivity index (χ1v) is 5.68. The van der Waals surface area contributed by atoms with E-state index in [1.807, 2.05) is 0 Å². The van der Waals surface area contributed by atoms with Gasteiger partial charge in [0, 0.05) is 16.1 Å². The minimum absolute atomic E-state index is 0.348. The highest BCUT2D eigenvalue weighted by Crippen LogP contribution is 2.27. The zero-order valence-corrected chi connectivity index (χ0v) is 10.1. The van der Waals surface area contributed by atoms with Crippen molar-refractivity contribution < 1.29 is 19.4 Å². The molecular formula is C13H11ClO4. The normalized spacial score (nSPS) is 12.3. The Labute approximate surface area is 108 Å². The number of rotatable bonds is 4. The molecule has 0 saturated carbocycles. The SMILES string of the molecule is O=C(O)CC(O)c1coc(-c2ccc(Cl)cc2)c1. The van der Waals surface area contributed by atoms with Crippen molar-refractivity contribution in [2.24, 2.45) is 0 Å². The van der Waals surface area contributed by atoms with Gasteiger partial charge in [-0.15, -0.1) is 0 Å². The molecule has 2 rings (SSSR count). The number of aliphatic carboxylic acids is 1. The number of halogens is 1. The van der Waals surface area contributed by atoms with Crippen LogP contribution in [0.2, 0.25) is 5.02 Å². The van der Waals surface area contributed by atoms with Crippen LogP contribution < -0.4 is 0 Å². The molecule has 0 amide bonds. The van der Waals surface area contributed by atoms with Gasteiger partial charge in [-0.2, -0.15) is 0 Å². The molecule has 94 valence electrons. The first-order valence-electron chi connectivity index (χ1n) is 5.30. The van der Waals surface area contributed by atoms with Crippen LogP contribution in [0.25, 0.3) is 11.3 Å². The highest BCUT2D eigenvalue weighted by atomic mass is 35.5. The molecule has 2 aromatic rings. The van der Waals surface area contributed by atoms with E-state index < -0.39 is 12.1 Å². The van der Waals surface area contributed by atoms with Gasteiger partial charge < -0.3 is 14.6 Å². The van der Waals surface area contributed by atoms with Gasteiger partial charge in [0.15, 0.2) is 0 Å². The highest BCUT2D eigenvalue weighted by Gasteiger charge is 2.15. The Morgan fingerprint density at radius 1 is 1.33 bits per heavy atom. The second kappa shape index (κ2) is 5.25. The highest BCUT2D eigenvalue weighted by molar-refractivity contribution is 6.30. The minimum Gasteiger partial charge on any atom is -0.481 e. The summed E-state index contributed by atoms with van der Waals surface area (Å²) in [6, 6.07) is 8.65. The van der Waals surface area contributed by atoms with E-state index in [0.717, 1.165) is 5.56 Å². The molecule has 2 N–H and O–H groups in total. The monoisotopic (exact) mass is 266 g/mol. The number of furan rings is 1. The van der Waals surface area contributed by atoms with Crippen molar-refractivity contribution in [3.05, 3.63) is 47.2 Å². The topological polar surface area (TPSA) is 70.7 Å². The van der Waals surface area contributed by atoms with Crippen LogP contribution in [0.15, 0.2) is 41.0 Å². The van der Waals surface area contributed by atoms with Crippen LogP contribution >= 0.6 is 11.6 Å². The quantitative estimate of drug-likeness (QED) is 0.892. The van der Waals surface area contributed by atoms with Gasteiger partial charge >= 0.3 is 5.97 Å². The van der Waals surface area contributed by atoms with Gasteiger partial charge in [-0.1, -0.05) is 11.6 Å². The van der Waals surface area contributed by atoms with E-state index in [9.17, 15) is 9.90 Å². The molecule has 0 saturated heterocycles. The smallest absolute Gasteiger partial charge is 0.306 e. The summed E-state index contributed by atoms with van der Waals surface area (Å²) in [5.41, 5.74) is 1.26. The first-order chi connectivity index (χ1) is 8.56. The lowest BCUT2D eigenvalue weighted by Crippen LogP contribution is -2.04. The molecule has 0 radical (unpaired) electrons. The molecule has 4 nitrogen and oxygen atoms in total. The first kappa shape index (κ1) is 12.7. The average Bonchev–Trinajstić information content (AvgIpc) is 2.78. The van der Waals surface area contributed by atoms with Gasteiger partial charge in [-0.05, 0) is 30.3 Å². The summed E-state index contributed by atoms with van der Waals surface area (Å²) in [6.07, 6.45) is -0.0516. The summed E-state index contributed by atoms with van der Waals surface area (Å²) in [7, 11) is 0. The van der Waals surface area contributed by atoms with Crippen LogP contribution in [0, 0.1) is 0 Å².